The van der Waals surface area contributed by atoms with E-state index in [4.69, 9.17) is 4.74 Å². The lowest BCUT2D eigenvalue weighted by Gasteiger charge is -2.33. The van der Waals surface area contributed by atoms with Crippen LogP contribution < -0.4 is 5.32 Å². The van der Waals surface area contributed by atoms with Gasteiger partial charge in [-0.05, 0) is 57.4 Å². The Morgan fingerprint density at radius 3 is 2.50 bits per heavy atom. The van der Waals surface area contributed by atoms with E-state index in [2.05, 4.69) is 5.32 Å². The van der Waals surface area contributed by atoms with Gasteiger partial charge in [0, 0.05) is 5.56 Å². The van der Waals surface area contributed by atoms with Gasteiger partial charge in [0.15, 0.2) is 0 Å². The summed E-state index contributed by atoms with van der Waals surface area (Å²) in [5.41, 5.74) is -0.351. The standard InChI is InChI=1S/C18H24F3NO2/c1-11(2)24-16-7-5-4-6-15(16)22-17(23)13-8-12(3)9-14(10-13)18(19,20)21/h8-11,15-16H,4-7H2,1-3H3,(H,22,23)/t15-,16-/m0/s1. The molecule has 6 heteroatoms. The number of nitrogens with one attached hydrogen (secondary N) is 1. The summed E-state index contributed by atoms with van der Waals surface area (Å²) >= 11 is 0. The summed E-state index contributed by atoms with van der Waals surface area (Å²) in [6, 6.07) is 3.26. The summed E-state index contributed by atoms with van der Waals surface area (Å²) in [6.45, 7) is 5.42. The van der Waals surface area contributed by atoms with E-state index in [1.807, 2.05) is 13.8 Å². The largest absolute Gasteiger partial charge is 0.416 e. The van der Waals surface area contributed by atoms with Gasteiger partial charge in [0.2, 0.25) is 0 Å². The Bertz CT molecular complexity index is 584. The molecule has 0 radical (unpaired) electrons. The van der Waals surface area contributed by atoms with E-state index in [1.54, 1.807) is 6.92 Å². The van der Waals surface area contributed by atoms with Gasteiger partial charge in [-0.2, -0.15) is 13.2 Å². The molecule has 0 saturated heterocycles. The third-order valence-corrected chi connectivity index (χ3v) is 4.13. The highest BCUT2D eigenvalue weighted by Gasteiger charge is 2.32. The minimum Gasteiger partial charge on any atom is -0.373 e. The van der Waals surface area contributed by atoms with Crippen LogP contribution in [0.2, 0.25) is 0 Å². The number of carbonyl (C=O) groups excluding carboxylic acids is 1. The molecule has 1 saturated carbocycles. The summed E-state index contributed by atoms with van der Waals surface area (Å²) in [7, 11) is 0. The van der Waals surface area contributed by atoms with Gasteiger partial charge in [-0.3, -0.25) is 4.79 Å². The van der Waals surface area contributed by atoms with Gasteiger partial charge in [-0.1, -0.05) is 12.8 Å². The Hall–Kier alpha value is -1.56. The van der Waals surface area contributed by atoms with Crippen LogP contribution in [0.4, 0.5) is 13.2 Å². The summed E-state index contributed by atoms with van der Waals surface area (Å²) in [4.78, 5) is 12.4. The molecule has 0 bridgehead atoms. The van der Waals surface area contributed by atoms with E-state index in [9.17, 15) is 18.0 Å². The van der Waals surface area contributed by atoms with Crippen LogP contribution in [0.5, 0.6) is 0 Å². The van der Waals surface area contributed by atoms with Crippen molar-refractivity contribution in [2.45, 2.75) is 70.9 Å². The molecule has 0 heterocycles. The van der Waals surface area contributed by atoms with Crippen molar-refractivity contribution in [2.75, 3.05) is 0 Å². The summed E-state index contributed by atoms with van der Waals surface area (Å²) in [5.74, 6) is -0.478. The van der Waals surface area contributed by atoms with E-state index in [1.165, 1.54) is 6.07 Å². The SMILES string of the molecule is Cc1cc(C(=O)N[C@H]2CCCC[C@@H]2OC(C)C)cc(C(F)(F)F)c1. The zero-order valence-corrected chi connectivity index (χ0v) is 14.2. The van der Waals surface area contributed by atoms with Crippen molar-refractivity contribution in [3.63, 3.8) is 0 Å². The molecule has 1 aliphatic rings. The van der Waals surface area contributed by atoms with E-state index >= 15 is 0 Å². The molecule has 1 fully saturated rings. The van der Waals surface area contributed by atoms with Gasteiger partial charge in [0.25, 0.3) is 5.91 Å². The normalized spacial score (nSPS) is 21.8. The van der Waals surface area contributed by atoms with Crippen LogP contribution in [0.3, 0.4) is 0 Å². The van der Waals surface area contributed by atoms with E-state index < -0.39 is 17.6 Å². The second-order valence-electron chi connectivity index (χ2n) is 6.67. The molecular weight excluding hydrogens is 319 g/mol. The molecule has 0 aliphatic heterocycles. The minimum absolute atomic E-state index is 0.0381. The molecular formula is C18H24F3NO2. The first kappa shape index (κ1) is 18.8. The maximum atomic E-state index is 12.9. The molecule has 134 valence electrons. The quantitative estimate of drug-likeness (QED) is 0.875. The molecule has 1 aromatic rings. The number of rotatable bonds is 4. The van der Waals surface area contributed by atoms with Gasteiger partial charge in [-0.15, -0.1) is 0 Å². The van der Waals surface area contributed by atoms with Crippen molar-refractivity contribution in [3.8, 4) is 0 Å². The maximum absolute atomic E-state index is 12.9. The van der Waals surface area contributed by atoms with Crippen LogP contribution in [0.15, 0.2) is 18.2 Å². The maximum Gasteiger partial charge on any atom is 0.416 e. The number of alkyl halides is 3. The second kappa shape index (κ2) is 7.55. The van der Waals surface area contributed by atoms with Crippen molar-refractivity contribution in [1.29, 1.82) is 0 Å². The minimum atomic E-state index is -4.46. The highest BCUT2D eigenvalue weighted by molar-refractivity contribution is 5.94. The van der Waals surface area contributed by atoms with Crippen LogP contribution in [-0.2, 0) is 10.9 Å². The van der Waals surface area contributed by atoms with Crippen LogP contribution in [-0.4, -0.2) is 24.2 Å². The number of aryl methyl sites for hydroxylation is 1. The first-order valence-corrected chi connectivity index (χ1v) is 8.32. The third kappa shape index (κ3) is 4.97. The molecule has 3 nitrogen and oxygen atoms in total. The van der Waals surface area contributed by atoms with Crippen molar-refractivity contribution < 1.29 is 22.7 Å². The van der Waals surface area contributed by atoms with Crippen LogP contribution in [0, 0.1) is 6.92 Å². The first-order chi connectivity index (χ1) is 11.2. The Balaban J connectivity index is 2.15. The average Bonchev–Trinajstić information content (AvgIpc) is 2.47. The molecule has 24 heavy (non-hydrogen) atoms. The zero-order valence-electron chi connectivity index (χ0n) is 14.2. The molecule has 2 rings (SSSR count). The number of halogens is 3. The average molecular weight is 343 g/mol. The Morgan fingerprint density at radius 1 is 1.21 bits per heavy atom. The van der Waals surface area contributed by atoms with E-state index in [0.717, 1.165) is 37.8 Å². The van der Waals surface area contributed by atoms with Gasteiger partial charge in [-0.25, -0.2) is 0 Å². The molecule has 1 amide bonds. The highest BCUT2D eigenvalue weighted by atomic mass is 19.4. The molecule has 0 spiro atoms. The van der Waals surface area contributed by atoms with Crippen molar-refractivity contribution in [2.24, 2.45) is 0 Å². The van der Waals surface area contributed by atoms with Crippen LogP contribution in [0.25, 0.3) is 0 Å². The molecule has 0 aromatic heterocycles. The topological polar surface area (TPSA) is 38.3 Å². The number of carbonyl (C=O) groups is 1. The lowest BCUT2D eigenvalue weighted by atomic mass is 9.92. The number of hydrogen-bond acceptors (Lipinski definition) is 2. The fourth-order valence-electron chi connectivity index (χ4n) is 3.10. The third-order valence-electron chi connectivity index (χ3n) is 4.13. The number of ether oxygens (including phenoxy) is 1. The zero-order chi connectivity index (χ0) is 17.9. The fourth-order valence-corrected chi connectivity index (χ4v) is 3.10. The van der Waals surface area contributed by atoms with E-state index in [-0.39, 0.29) is 23.8 Å². The molecule has 2 atom stereocenters. The summed E-state index contributed by atoms with van der Waals surface area (Å²) in [6.07, 6.45) is -0.865. The second-order valence-corrected chi connectivity index (χ2v) is 6.67. The van der Waals surface area contributed by atoms with Crippen molar-refractivity contribution in [3.05, 3.63) is 34.9 Å². The fraction of sp³-hybridized carbons (Fsp3) is 0.611. The van der Waals surface area contributed by atoms with E-state index in [0.29, 0.717) is 5.56 Å². The van der Waals surface area contributed by atoms with Gasteiger partial charge < -0.3 is 10.1 Å². The van der Waals surface area contributed by atoms with Crippen LogP contribution in [0.1, 0.15) is 61.0 Å². The van der Waals surface area contributed by atoms with Gasteiger partial charge >= 0.3 is 6.18 Å². The Morgan fingerprint density at radius 2 is 1.88 bits per heavy atom. The number of amides is 1. The molecule has 1 aliphatic carbocycles. The Labute approximate surface area is 140 Å². The highest BCUT2D eigenvalue weighted by Crippen LogP contribution is 2.31. The smallest absolute Gasteiger partial charge is 0.373 e. The van der Waals surface area contributed by atoms with Crippen molar-refractivity contribution in [1.82, 2.24) is 5.32 Å². The van der Waals surface area contributed by atoms with Gasteiger partial charge in [0.1, 0.15) is 0 Å². The predicted molar refractivity (Wildman–Crippen MR) is 85.9 cm³/mol. The lowest BCUT2D eigenvalue weighted by molar-refractivity contribution is -0.137. The lowest BCUT2D eigenvalue weighted by Crippen LogP contribution is -2.47. The van der Waals surface area contributed by atoms with Crippen LogP contribution >= 0.6 is 0 Å². The van der Waals surface area contributed by atoms with Gasteiger partial charge in [0.05, 0.1) is 23.8 Å². The predicted octanol–water partition coefficient (Wildman–Crippen LogP) is 4.48. The monoisotopic (exact) mass is 343 g/mol. The van der Waals surface area contributed by atoms with Crippen molar-refractivity contribution >= 4 is 5.91 Å². The first-order valence-electron chi connectivity index (χ1n) is 8.32. The molecule has 0 unspecified atom stereocenters. The Kier molecular flexibility index (Phi) is 5.91. The number of hydrogen-bond donors (Lipinski definition) is 1. The molecule has 1 aromatic carbocycles. The summed E-state index contributed by atoms with van der Waals surface area (Å²) < 4.78 is 44.6. The molecule has 1 N–H and O–H groups in total. The number of benzene rings is 1. The summed E-state index contributed by atoms with van der Waals surface area (Å²) in [5, 5.41) is 2.87.